The monoisotopic (exact) mass is 467 g/mol. The fourth-order valence-electron chi connectivity index (χ4n) is 4.08. The average Bonchev–Trinajstić information content (AvgIpc) is 2.82. The third-order valence-corrected chi connectivity index (χ3v) is 6.05. The number of nitrogens with one attached hydrogen (secondary N) is 1. The van der Waals surface area contributed by atoms with E-state index in [-0.39, 0.29) is 42.4 Å². The molecule has 8 nitrogen and oxygen atoms in total. The first-order valence-electron chi connectivity index (χ1n) is 11.4. The van der Waals surface area contributed by atoms with Gasteiger partial charge in [0.1, 0.15) is 12.4 Å². The smallest absolute Gasteiger partial charge is 0.257 e. The molecule has 1 aliphatic rings. The maximum absolute atomic E-state index is 13.4. The Balaban J connectivity index is 2.00. The lowest BCUT2D eigenvalue weighted by atomic mass is 10.0. The van der Waals surface area contributed by atoms with Gasteiger partial charge in [-0.1, -0.05) is 25.1 Å². The Hall–Kier alpha value is -3.39. The molecule has 3 amide bonds. The molecule has 1 aliphatic heterocycles. The van der Waals surface area contributed by atoms with Crippen LogP contribution in [0.5, 0.6) is 5.75 Å². The van der Waals surface area contributed by atoms with Crippen molar-refractivity contribution in [2.24, 2.45) is 5.92 Å². The van der Waals surface area contributed by atoms with E-state index in [9.17, 15) is 14.4 Å². The minimum atomic E-state index is -0.280. The van der Waals surface area contributed by atoms with E-state index in [2.05, 4.69) is 5.32 Å². The molecule has 0 aromatic heterocycles. The van der Waals surface area contributed by atoms with Crippen LogP contribution in [0.3, 0.4) is 0 Å². The van der Waals surface area contributed by atoms with Crippen LogP contribution in [0, 0.1) is 5.92 Å². The molecule has 182 valence electrons. The molecule has 0 spiro atoms. The van der Waals surface area contributed by atoms with Crippen molar-refractivity contribution < 1.29 is 23.9 Å². The summed E-state index contributed by atoms with van der Waals surface area (Å²) in [7, 11) is 3.34. The third-order valence-electron chi connectivity index (χ3n) is 6.05. The number of carbonyl (C=O) groups excluding carboxylic acids is 3. The second-order valence-electron chi connectivity index (χ2n) is 8.81. The zero-order valence-electron chi connectivity index (χ0n) is 20.4. The molecule has 3 atom stereocenters. The lowest BCUT2D eigenvalue weighted by Gasteiger charge is -2.36. The van der Waals surface area contributed by atoms with Crippen molar-refractivity contribution in [3.05, 3.63) is 59.7 Å². The molecule has 0 saturated carbocycles. The molecular weight excluding hydrogens is 434 g/mol. The third kappa shape index (κ3) is 5.94. The Morgan fingerprint density at radius 1 is 1.09 bits per heavy atom. The largest absolute Gasteiger partial charge is 0.491 e. The van der Waals surface area contributed by atoms with Gasteiger partial charge in [0.05, 0.1) is 17.7 Å². The summed E-state index contributed by atoms with van der Waals surface area (Å²) in [6.45, 7) is 6.33. The van der Waals surface area contributed by atoms with Crippen LogP contribution in [0.4, 0.5) is 5.69 Å². The van der Waals surface area contributed by atoms with Gasteiger partial charge < -0.3 is 24.6 Å². The van der Waals surface area contributed by atoms with Crippen molar-refractivity contribution in [3.8, 4) is 5.75 Å². The first-order valence-corrected chi connectivity index (χ1v) is 11.4. The number of amides is 3. The lowest BCUT2D eigenvalue weighted by molar-refractivity contribution is -0.114. The van der Waals surface area contributed by atoms with E-state index in [0.717, 1.165) is 0 Å². The van der Waals surface area contributed by atoms with E-state index in [1.165, 1.54) is 6.92 Å². The highest BCUT2D eigenvalue weighted by Crippen LogP contribution is 2.27. The van der Waals surface area contributed by atoms with E-state index in [1.54, 1.807) is 54.3 Å². The van der Waals surface area contributed by atoms with Crippen LogP contribution in [-0.2, 0) is 9.53 Å². The number of likely N-dealkylation sites (N-methyl/N-ethyl adjacent to an activating group) is 1. The molecule has 0 unspecified atom stereocenters. The SMILES string of the molecule is CO[C@@H]1CN(C)C(=O)c2ccc(NC(C)=O)cc2OC[C@@H](C)N(C(=O)c2ccccc2)C[C@H]1C. The van der Waals surface area contributed by atoms with Gasteiger partial charge in [-0.05, 0) is 31.2 Å². The molecule has 3 rings (SSSR count). The number of fused-ring (bicyclic) bond motifs is 1. The highest BCUT2D eigenvalue weighted by atomic mass is 16.5. The van der Waals surface area contributed by atoms with Gasteiger partial charge in [-0.15, -0.1) is 0 Å². The van der Waals surface area contributed by atoms with Gasteiger partial charge in [0.2, 0.25) is 5.91 Å². The number of benzene rings is 2. The number of ether oxygens (including phenoxy) is 2. The summed E-state index contributed by atoms with van der Waals surface area (Å²) in [5.41, 5.74) is 1.51. The Bertz CT molecular complexity index is 1030. The van der Waals surface area contributed by atoms with Crippen LogP contribution in [0.15, 0.2) is 48.5 Å². The summed E-state index contributed by atoms with van der Waals surface area (Å²) < 4.78 is 11.8. The van der Waals surface area contributed by atoms with Crippen molar-refractivity contribution >= 4 is 23.4 Å². The van der Waals surface area contributed by atoms with Crippen LogP contribution < -0.4 is 10.1 Å². The molecule has 8 heteroatoms. The molecule has 0 fully saturated rings. The second-order valence-corrected chi connectivity index (χ2v) is 8.81. The molecule has 1 N–H and O–H groups in total. The number of rotatable bonds is 3. The Morgan fingerprint density at radius 3 is 2.44 bits per heavy atom. The molecule has 0 radical (unpaired) electrons. The van der Waals surface area contributed by atoms with Gasteiger partial charge in [0.15, 0.2) is 0 Å². The number of carbonyl (C=O) groups is 3. The van der Waals surface area contributed by atoms with Gasteiger partial charge >= 0.3 is 0 Å². The molecular formula is C26H33N3O5. The molecule has 0 bridgehead atoms. The first-order chi connectivity index (χ1) is 16.2. The van der Waals surface area contributed by atoms with E-state index in [4.69, 9.17) is 9.47 Å². The zero-order chi connectivity index (χ0) is 24.8. The lowest BCUT2D eigenvalue weighted by Crippen LogP contribution is -2.48. The minimum Gasteiger partial charge on any atom is -0.491 e. The standard InChI is InChI=1S/C26H33N3O5/c1-17-14-29(25(31)20-9-7-6-8-10-20)18(2)16-34-23-13-21(27-19(3)30)11-12-22(23)26(32)28(4)15-24(17)33-5/h6-13,17-18,24H,14-16H2,1-5H3,(H,27,30)/t17-,18-,24-/m1/s1. The van der Waals surface area contributed by atoms with Gasteiger partial charge in [0.25, 0.3) is 11.8 Å². The number of methoxy groups -OCH3 is 1. The van der Waals surface area contributed by atoms with Crippen molar-refractivity contribution in [3.63, 3.8) is 0 Å². The second kappa shape index (κ2) is 11.2. The molecule has 34 heavy (non-hydrogen) atoms. The zero-order valence-corrected chi connectivity index (χ0v) is 20.4. The quantitative estimate of drug-likeness (QED) is 0.748. The van der Waals surface area contributed by atoms with Crippen LogP contribution in [0.2, 0.25) is 0 Å². The van der Waals surface area contributed by atoms with Crippen LogP contribution >= 0.6 is 0 Å². The fourth-order valence-corrected chi connectivity index (χ4v) is 4.08. The van der Waals surface area contributed by atoms with Gasteiger partial charge in [-0.3, -0.25) is 14.4 Å². The number of hydrogen-bond donors (Lipinski definition) is 1. The minimum absolute atomic E-state index is 0.0311. The number of anilines is 1. The summed E-state index contributed by atoms with van der Waals surface area (Å²) in [6, 6.07) is 13.8. The predicted octanol–water partition coefficient (Wildman–Crippen LogP) is 3.29. The Kier molecular flexibility index (Phi) is 8.28. The topological polar surface area (TPSA) is 88.2 Å². The molecule has 2 aromatic carbocycles. The van der Waals surface area contributed by atoms with Gasteiger partial charge in [-0.25, -0.2) is 0 Å². The van der Waals surface area contributed by atoms with E-state index in [0.29, 0.717) is 35.7 Å². The summed E-state index contributed by atoms with van der Waals surface area (Å²) in [6.07, 6.45) is -0.269. The van der Waals surface area contributed by atoms with Crippen molar-refractivity contribution in [2.45, 2.75) is 32.9 Å². The maximum atomic E-state index is 13.4. The molecule has 0 saturated heterocycles. The summed E-state index contributed by atoms with van der Waals surface area (Å²) in [5.74, 6) is -0.196. The van der Waals surface area contributed by atoms with Gasteiger partial charge in [-0.2, -0.15) is 0 Å². The Morgan fingerprint density at radius 2 is 1.79 bits per heavy atom. The summed E-state index contributed by atoms with van der Waals surface area (Å²) in [5, 5.41) is 2.72. The average molecular weight is 468 g/mol. The van der Waals surface area contributed by atoms with Crippen LogP contribution in [0.25, 0.3) is 0 Å². The van der Waals surface area contributed by atoms with Crippen LogP contribution in [0.1, 0.15) is 41.5 Å². The maximum Gasteiger partial charge on any atom is 0.257 e. The van der Waals surface area contributed by atoms with Crippen LogP contribution in [-0.4, -0.2) is 73.5 Å². The predicted molar refractivity (Wildman–Crippen MR) is 130 cm³/mol. The Labute approximate surface area is 200 Å². The highest BCUT2D eigenvalue weighted by molar-refractivity contribution is 5.98. The normalized spacial score (nSPS) is 21.6. The molecule has 2 aromatic rings. The number of nitrogens with zero attached hydrogens (tertiary/aromatic N) is 2. The van der Waals surface area contributed by atoms with E-state index >= 15 is 0 Å². The van der Waals surface area contributed by atoms with E-state index < -0.39 is 0 Å². The fraction of sp³-hybridized carbons (Fsp3) is 0.423. The summed E-state index contributed by atoms with van der Waals surface area (Å²) >= 11 is 0. The molecule has 1 heterocycles. The van der Waals surface area contributed by atoms with E-state index in [1.807, 2.05) is 32.0 Å². The number of hydrogen-bond acceptors (Lipinski definition) is 5. The summed E-state index contributed by atoms with van der Waals surface area (Å²) in [4.78, 5) is 41.6. The van der Waals surface area contributed by atoms with Crippen molar-refractivity contribution in [2.75, 3.05) is 39.2 Å². The molecule has 0 aliphatic carbocycles. The van der Waals surface area contributed by atoms with Gasteiger partial charge in [0, 0.05) is 57.4 Å². The first kappa shape index (κ1) is 25.2. The van der Waals surface area contributed by atoms with Crippen molar-refractivity contribution in [1.82, 2.24) is 9.80 Å². The van der Waals surface area contributed by atoms with Crippen molar-refractivity contribution in [1.29, 1.82) is 0 Å². The highest BCUT2D eigenvalue weighted by Gasteiger charge is 2.30.